The summed E-state index contributed by atoms with van der Waals surface area (Å²) in [6, 6.07) is 6.10. The molecule has 1 N–H and O–H groups in total. The van der Waals surface area contributed by atoms with Gasteiger partial charge in [-0.2, -0.15) is 0 Å². The van der Waals surface area contributed by atoms with Gasteiger partial charge in [0, 0.05) is 6.42 Å². The molecule has 0 aromatic heterocycles. The van der Waals surface area contributed by atoms with E-state index in [0.29, 0.717) is 12.2 Å². The third-order valence-corrected chi connectivity index (χ3v) is 2.63. The third-order valence-electron chi connectivity index (χ3n) is 2.63. The van der Waals surface area contributed by atoms with E-state index in [0.717, 1.165) is 12.8 Å². The average molecular weight is 220 g/mol. The van der Waals surface area contributed by atoms with Crippen LogP contribution in [0.3, 0.4) is 0 Å². The fourth-order valence-electron chi connectivity index (χ4n) is 1.75. The lowest BCUT2D eigenvalue weighted by Crippen LogP contribution is -2.20. The van der Waals surface area contributed by atoms with E-state index < -0.39 is 5.97 Å². The molecule has 1 unspecified atom stereocenters. The summed E-state index contributed by atoms with van der Waals surface area (Å²) in [6.07, 6.45) is 1.85. The van der Waals surface area contributed by atoms with Gasteiger partial charge in [0.25, 0.3) is 0 Å². The number of hydrogen-bond acceptors (Lipinski definition) is 3. The van der Waals surface area contributed by atoms with Crippen LogP contribution in [0.2, 0.25) is 0 Å². The molecule has 1 aromatic carbocycles. The molecular formula is C12H12O4. The molecular weight excluding hydrogens is 208 g/mol. The molecule has 2 rings (SSSR count). The lowest BCUT2D eigenvalue weighted by Gasteiger charge is -2.11. The number of carbonyl (C=O) groups is 2. The van der Waals surface area contributed by atoms with E-state index in [4.69, 9.17) is 9.84 Å². The number of rotatable bonds is 3. The largest absolute Gasteiger partial charge is 0.483 e. The molecule has 1 atom stereocenters. The second kappa shape index (κ2) is 4.35. The van der Waals surface area contributed by atoms with Crippen LogP contribution < -0.4 is 4.74 Å². The Bertz CT molecular complexity index is 408. The van der Waals surface area contributed by atoms with Gasteiger partial charge in [0.15, 0.2) is 11.9 Å². The van der Waals surface area contributed by atoms with Crippen LogP contribution in [0.5, 0.6) is 5.75 Å². The van der Waals surface area contributed by atoms with Crippen LogP contribution in [0.15, 0.2) is 24.3 Å². The highest BCUT2D eigenvalue weighted by Gasteiger charge is 2.25. The number of carbonyl (C=O) groups excluding carboxylic acids is 1. The molecule has 0 heterocycles. The van der Waals surface area contributed by atoms with Crippen molar-refractivity contribution in [3.63, 3.8) is 0 Å². The molecule has 0 aliphatic heterocycles. The van der Waals surface area contributed by atoms with Gasteiger partial charge in [0.1, 0.15) is 5.75 Å². The van der Waals surface area contributed by atoms with E-state index >= 15 is 0 Å². The summed E-state index contributed by atoms with van der Waals surface area (Å²) >= 11 is 0. The number of benzene rings is 1. The number of carboxylic acid groups (broad SMARTS) is 1. The quantitative estimate of drug-likeness (QED) is 0.844. The van der Waals surface area contributed by atoms with Crippen LogP contribution in [0.25, 0.3) is 0 Å². The average Bonchev–Trinajstić information content (AvgIpc) is 2.65. The minimum atomic E-state index is -0.969. The molecule has 0 saturated heterocycles. The van der Waals surface area contributed by atoms with Gasteiger partial charge < -0.3 is 9.84 Å². The molecule has 1 aliphatic carbocycles. The van der Waals surface area contributed by atoms with Gasteiger partial charge in [-0.15, -0.1) is 0 Å². The maximum absolute atomic E-state index is 11.3. The predicted octanol–water partition coefficient (Wildman–Crippen LogP) is 1.89. The predicted molar refractivity (Wildman–Crippen MR) is 56.7 cm³/mol. The zero-order chi connectivity index (χ0) is 11.5. The molecule has 4 heteroatoms. The van der Waals surface area contributed by atoms with E-state index in [1.807, 2.05) is 0 Å². The Morgan fingerprint density at radius 3 is 2.50 bits per heavy atom. The Morgan fingerprint density at radius 1 is 1.31 bits per heavy atom. The zero-order valence-electron chi connectivity index (χ0n) is 8.68. The van der Waals surface area contributed by atoms with Gasteiger partial charge in [-0.25, -0.2) is 4.79 Å². The normalized spacial score (nSPS) is 19.8. The lowest BCUT2D eigenvalue weighted by molar-refractivity contribution is -0.123. The van der Waals surface area contributed by atoms with Gasteiger partial charge in [-0.05, 0) is 37.1 Å². The smallest absolute Gasteiger partial charge is 0.335 e. The summed E-state index contributed by atoms with van der Waals surface area (Å²) < 4.78 is 5.48. The summed E-state index contributed by atoms with van der Waals surface area (Å²) in [5.74, 6) is -0.295. The monoisotopic (exact) mass is 220 g/mol. The van der Waals surface area contributed by atoms with Gasteiger partial charge in [0.05, 0.1) is 5.56 Å². The van der Waals surface area contributed by atoms with E-state index in [2.05, 4.69) is 0 Å². The van der Waals surface area contributed by atoms with Crippen molar-refractivity contribution in [2.24, 2.45) is 0 Å². The minimum absolute atomic E-state index is 0.127. The molecule has 4 nitrogen and oxygen atoms in total. The van der Waals surface area contributed by atoms with E-state index in [1.54, 1.807) is 12.1 Å². The first-order chi connectivity index (χ1) is 7.66. The maximum atomic E-state index is 11.3. The van der Waals surface area contributed by atoms with E-state index in [1.165, 1.54) is 12.1 Å². The van der Waals surface area contributed by atoms with Crippen LogP contribution in [0.4, 0.5) is 0 Å². The van der Waals surface area contributed by atoms with Crippen LogP contribution in [-0.4, -0.2) is 23.0 Å². The van der Waals surface area contributed by atoms with Crippen molar-refractivity contribution in [3.8, 4) is 5.75 Å². The fraction of sp³-hybridized carbons (Fsp3) is 0.333. The number of aromatic carboxylic acids is 1. The molecule has 1 aromatic rings. The van der Waals surface area contributed by atoms with Crippen LogP contribution >= 0.6 is 0 Å². The van der Waals surface area contributed by atoms with Gasteiger partial charge in [0.2, 0.25) is 0 Å². The van der Waals surface area contributed by atoms with Gasteiger partial charge >= 0.3 is 5.97 Å². The molecule has 0 radical (unpaired) electrons. The van der Waals surface area contributed by atoms with Crippen molar-refractivity contribution in [1.29, 1.82) is 0 Å². The van der Waals surface area contributed by atoms with E-state index in [-0.39, 0.29) is 17.5 Å². The summed E-state index contributed by atoms with van der Waals surface area (Å²) in [5.41, 5.74) is 0.213. The molecule has 0 spiro atoms. The third kappa shape index (κ3) is 2.21. The number of ketones is 1. The summed E-state index contributed by atoms with van der Waals surface area (Å²) in [5, 5.41) is 8.71. The van der Waals surface area contributed by atoms with Crippen LogP contribution in [0.1, 0.15) is 29.6 Å². The zero-order valence-corrected chi connectivity index (χ0v) is 8.68. The molecule has 1 saturated carbocycles. The Morgan fingerprint density at radius 2 is 2.00 bits per heavy atom. The van der Waals surface area contributed by atoms with Crippen molar-refractivity contribution in [2.75, 3.05) is 0 Å². The first kappa shape index (κ1) is 10.7. The number of carboxylic acids is 1. The summed E-state index contributed by atoms with van der Waals surface area (Å²) in [6.45, 7) is 0. The van der Waals surface area contributed by atoms with Crippen LogP contribution in [-0.2, 0) is 4.79 Å². The van der Waals surface area contributed by atoms with Crippen molar-refractivity contribution < 1.29 is 19.4 Å². The highest BCUT2D eigenvalue weighted by Crippen LogP contribution is 2.21. The molecule has 0 amide bonds. The second-order valence-electron chi connectivity index (χ2n) is 3.79. The molecule has 1 fully saturated rings. The highest BCUT2D eigenvalue weighted by molar-refractivity contribution is 5.87. The topological polar surface area (TPSA) is 63.6 Å². The van der Waals surface area contributed by atoms with Crippen LogP contribution in [0, 0.1) is 0 Å². The minimum Gasteiger partial charge on any atom is -0.483 e. The molecule has 84 valence electrons. The van der Waals surface area contributed by atoms with E-state index in [9.17, 15) is 9.59 Å². The Labute approximate surface area is 92.8 Å². The molecule has 16 heavy (non-hydrogen) atoms. The lowest BCUT2D eigenvalue weighted by atomic mass is 10.2. The molecule has 1 aliphatic rings. The van der Waals surface area contributed by atoms with Gasteiger partial charge in [-0.3, -0.25) is 4.79 Å². The standard InChI is InChI=1S/C12H12O4/c13-10-2-1-3-11(10)16-9-6-4-8(5-7-9)12(14)15/h4-7,11H,1-3H2,(H,14,15). The van der Waals surface area contributed by atoms with Crippen molar-refractivity contribution in [1.82, 2.24) is 0 Å². The highest BCUT2D eigenvalue weighted by atomic mass is 16.5. The second-order valence-corrected chi connectivity index (χ2v) is 3.79. The van der Waals surface area contributed by atoms with Crippen molar-refractivity contribution >= 4 is 11.8 Å². The fourth-order valence-corrected chi connectivity index (χ4v) is 1.75. The Hall–Kier alpha value is -1.84. The number of hydrogen-bond donors (Lipinski definition) is 1. The Kier molecular flexibility index (Phi) is 2.90. The first-order valence-electron chi connectivity index (χ1n) is 5.19. The SMILES string of the molecule is O=C(O)c1ccc(OC2CCCC2=O)cc1. The number of ether oxygens (including phenoxy) is 1. The maximum Gasteiger partial charge on any atom is 0.335 e. The van der Waals surface area contributed by atoms with Gasteiger partial charge in [-0.1, -0.05) is 0 Å². The van der Waals surface area contributed by atoms with Crippen molar-refractivity contribution in [2.45, 2.75) is 25.4 Å². The summed E-state index contributed by atoms with van der Waals surface area (Å²) in [4.78, 5) is 21.9. The summed E-state index contributed by atoms with van der Waals surface area (Å²) in [7, 11) is 0. The first-order valence-corrected chi connectivity index (χ1v) is 5.19. The molecule has 0 bridgehead atoms. The van der Waals surface area contributed by atoms with Crippen molar-refractivity contribution in [3.05, 3.63) is 29.8 Å². The Balaban J connectivity index is 2.05. The number of Topliss-reactive ketones (excluding diaryl/α,β-unsaturated/α-hetero) is 1.